The molecule has 1 aromatic heterocycles. The predicted octanol–water partition coefficient (Wildman–Crippen LogP) is 3.65. The Kier molecular flexibility index (Phi) is 4.78. The minimum Gasteiger partial charge on any atom is -0.382 e. The first kappa shape index (κ1) is 16.8. The van der Waals surface area contributed by atoms with Gasteiger partial charge in [-0.05, 0) is 32.0 Å². The summed E-state index contributed by atoms with van der Waals surface area (Å²) in [7, 11) is 0. The highest BCUT2D eigenvalue weighted by Gasteiger charge is 2.30. The fourth-order valence-electron chi connectivity index (χ4n) is 2.52. The zero-order valence-electron chi connectivity index (χ0n) is 13.2. The molecule has 3 rings (SSSR count). The molecule has 24 heavy (non-hydrogen) atoms. The third-order valence-electron chi connectivity index (χ3n) is 3.86. The number of anilines is 1. The number of carbonyl (C=O) groups is 1. The van der Waals surface area contributed by atoms with Crippen molar-refractivity contribution in [2.45, 2.75) is 32.9 Å². The maximum atomic E-state index is 12.3. The molecule has 0 saturated heterocycles. The Morgan fingerprint density at radius 3 is 2.88 bits per heavy atom. The lowest BCUT2D eigenvalue weighted by Gasteiger charge is -2.10. The first-order valence-corrected chi connectivity index (χ1v) is 8.26. The van der Waals surface area contributed by atoms with Crippen LogP contribution < -0.4 is 5.32 Å². The van der Waals surface area contributed by atoms with Gasteiger partial charge in [0, 0.05) is 29.9 Å². The largest absolute Gasteiger partial charge is 0.382 e. The zero-order valence-corrected chi connectivity index (χ0v) is 14.7. The number of amides is 1. The zero-order chi connectivity index (χ0) is 17.3. The third-order valence-corrected chi connectivity index (χ3v) is 4.60. The first-order chi connectivity index (χ1) is 11.5. The predicted molar refractivity (Wildman–Crippen MR) is 93.8 cm³/mol. The molecule has 6 nitrogen and oxygen atoms in total. The van der Waals surface area contributed by atoms with Crippen molar-refractivity contribution in [3.63, 3.8) is 0 Å². The average molecular weight is 367 g/mol. The van der Waals surface area contributed by atoms with Crippen LogP contribution in [0.4, 0.5) is 5.69 Å². The number of hydrogen-bond donors (Lipinski definition) is 1. The van der Waals surface area contributed by atoms with Gasteiger partial charge in [0.15, 0.2) is 0 Å². The summed E-state index contributed by atoms with van der Waals surface area (Å²) in [6, 6.07) is 4.89. The Hall–Kier alpha value is -2.05. The van der Waals surface area contributed by atoms with E-state index < -0.39 is 6.10 Å². The molecule has 0 radical (unpaired) electrons. The molecule has 1 aliphatic heterocycles. The molecule has 1 N–H and O–H groups in total. The smallest absolute Gasteiger partial charge is 0.268 e. The number of aromatic nitrogens is 2. The molecule has 2 aromatic rings. The number of halogens is 2. The van der Waals surface area contributed by atoms with E-state index in [0.717, 1.165) is 23.5 Å². The highest BCUT2D eigenvalue weighted by Crippen LogP contribution is 2.26. The van der Waals surface area contributed by atoms with Gasteiger partial charge >= 0.3 is 0 Å². The van der Waals surface area contributed by atoms with E-state index >= 15 is 0 Å². The fourth-order valence-corrected chi connectivity index (χ4v) is 2.82. The number of nitrogens with one attached hydrogen (secondary N) is 1. The highest BCUT2D eigenvalue weighted by molar-refractivity contribution is 6.42. The van der Waals surface area contributed by atoms with E-state index in [1.54, 1.807) is 24.4 Å². The van der Waals surface area contributed by atoms with Crippen LogP contribution in [0.15, 0.2) is 29.6 Å². The highest BCUT2D eigenvalue weighted by atomic mass is 35.5. The summed E-state index contributed by atoms with van der Waals surface area (Å²) in [5.41, 5.74) is 3.19. The second-order valence-electron chi connectivity index (χ2n) is 5.41. The number of carbonyl (C=O) groups excluding carboxylic acids is 1. The average Bonchev–Trinajstić information content (AvgIpc) is 3.17. The van der Waals surface area contributed by atoms with E-state index in [2.05, 4.69) is 15.6 Å². The van der Waals surface area contributed by atoms with Gasteiger partial charge in [0.05, 0.1) is 22.0 Å². The summed E-state index contributed by atoms with van der Waals surface area (Å²) >= 11 is 11.8. The Balaban J connectivity index is 1.66. The van der Waals surface area contributed by atoms with E-state index in [1.165, 1.54) is 0 Å². The van der Waals surface area contributed by atoms with Crippen LogP contribution in [0.25, 0.3) is 0 Å². The van der Waals surface area contributed by atoms with E-state index in [0.29, 0.717) is 22.2 Å². The molecular formula is C16H16Cl2N4O2. The van der Waals surface area contributed by atoms with E-state index in [1.807, 2.05) is 18.5 Å². The van der Waals surface area contributed by atoms with Gasteiger partial charge in [-0.25, -0.2) is 0 Å². The summed E-state index contributed by atoms with van der Waals surface area (Å²) in [5, 5.41) is 11.9. The normalized spacial score (nSPS) is 16.7. The van der Waals surface area contributed by atoms with Crippen LogP contribution in [0.3, 0.4) is 0 Å². The lowest BCUT2D eigenvalue weighted by molar-refractivity contribution is -0.125. The second kappa shape index (κ2) is 6.83. The standard InChI is InChI=1S/C16H16Cl2N4O2/c1-3-22-9(2)11(8-19-22)14-7-15(24-21-14)16(23)20-10-4-5-12(17)13(18)6-10/h4-6,8,15H,3,7H2,1-2H3,(H,20,23). The minimum atomic E-state index is -0.682. The van der Waals surface area contributed by atoms with Crippen molar-refractivity contribution in [1.29, 1.82) is 0 Å². The Labute approximate surface area is 149 Å². The molecule has 1 amide bonds. The number of benzene rings is 1. The maximum absolute atomic E-state index is 12.3. The molecule has 1 aromatic carbocycles. The van der Waals surface area contributed by atoms with E-state index in [4.69, 9.17) is 28.0 Å². The summed E-state index contributed by atoms with van der Waals surface area (Å²) in [5.74, 6) is -0.285. The second-order valence-corrected chi connectivity index (χ2v) is 6.23. The number of oxime groups is 1. The molecule has 1 unspecified atom stereocenters. The molecule has 0 fully saturated rings. The van der Waals surface area contributed by atoms with Gasteiger partial charge < -0.3 is 10.2 Å². The lowest BCUT2D eigenvalue weighted by atomic mass is 10.1. The van der Waals surface area contributed by atoms with Gasteiger partial charge in [0.1, 0.15) is 0 Å². The number of hydrogen-bond acceptors (Lipinski definition) is 4. The molecule has 1 aliphatic rings. The van der Waals surface area contributed by atoms with Crippen LogP contribution in [-0.2, 0) is 16.2 Å². The van der Waals surface area contributed by atoms with Crippen LogP contribution >= 0.6 is 23.2 Å². The van der Waals surface area contributed by atoms with Crippen molar-refractivity contribution in [1.82, 2.24) is 9.78 Å². The van der Waals surface area contributed by atoms with Crippen LogP contribution in [0, 0.1) is 6.92 Å². The van der Waals surface area contributed by atoms with Crippen molar-refractivity contribution in [2.75, 3.05) is 5.32 Å². The topological polar surface area (TPSA) is 68.5 Å². The van der Waals surface area contributed by atoms with Gasteiger partial charge in [-0.15, -0.1) is 0 Å². The minimum absolute atomic E-state index is 0.285. The van der Waals surface area contributed by atoms with Gasteiger partial charge in [-0.3, -0.25) is 9.48 Å². The quantitative estimate of drug-likeness (QED) is 0.897. The van der Waals surface area contributed by atoms with Crippen LogP contribution in [0.5, 0.6) is 0 Å². The van der Waals surface area contributed by atoms with Gasteiger partial charge in [0.25, 0.3) is 5.91 Å². The number of nitrogens with zero attached hydrogens (tertiary/aromatic N) is 3. The molecular weight excluding hydrogens is 351 g/mol. The number of rotatable bonds is 4. The van der Waals surface area contributed by atoms with Crippen LogP contribution in [-0.4, -0.2) is 27.5 Å². The first-order valence-electron chi connectivity index (χ1n) is 7.51. The maximum Gasteiger partial charge on any atom is 0.268 e. The lowest BCUT2D eigenvalue weighted by Crippen LogP contribution is -2.28. The Morgan fingerprint density at radius 1 is 1.42 bits per heavy atom. The van der Waals surface area contributed by atoms with E-state index in [9.17, 15) is 4.79 Å². The van der Waals surface area contributed by atoms with Crippen LogP contribution in [0.2, 0.25) is 10.0 Å². The third kappa shape index (κ3) is 3.25. The Bertz CT molecular complexity index is 816. The molecule has 0 aliphatic carbocycles. The summed E-state index contributed by atoms with van der Waals surface area (Å²) in [6.45, 7) is 4.77. The van der Waals surface area contributed by atoms with Crippen molar-refractivity contribution in [3.05, 3.63) is 45.7 Å². The van der Waals surface area contributed by atoms with Gasteiger partial charge in [0.2, 0.25) is 6.10 Å². The molecule has 0 bridgehead atoms. The molecule has 8 heteroatoms. The Morgan fingerprint density at radius 2 is 2.21 bits per heavy atom. The van der Waals surface area contributed by atoms with Gasteiger partial charge in [-0.2, -0.15) is 5.10 Å². The summed E-state index contributed by atoms with van der Waals surface area (Å²) in [4.78, 5) is 17.6. The van der Waals surface area contributed by atoms with Gasteiger partial charge in [-0.1, -0.05) is 28.4 Å². The SMILES string of the molecule is CCn1ncc(C2=NOC(C(=O)Nc3ccc(Cl)c(Cl)c3)C2)c1C. The monoisotopic (exact) mass is 366 g/mol. The summed E-state index contributed by atoms with van der Waals surface area (Å²) in [6.07, 6.45) is 1.46. The van der Waals surface area contributed by atoms with Crippen LogP contribution in [0.1, 0.15) is 24.6 Å². The van der Waals surface area contributed by atoms with Crippen molar-refractivity contribution in [3.8, 4) is 0 Å². The van der Waals surface area contributed by atoms with Crippen molar-refractivity contribution >= 4 is 40.5 Å². The number of aryl methyl sites for hydroxylation is 1. The molecule has 126 valence electrons. The molecule has 0 saturated carbocycles. The van der Waals surface area contributed by atoms with Crippen molar-refractivity contribution < 1.29 is 9.63 Å². The van der Waals surface area contributed by atoms with Crippen molar-refractivity contribution in [2.24, 2.45) is 5.16 Å². The molecule has 1 atom stereocenters. The molecule has 2 heterocycles. The fraction of sp³-hybridized carbons (Fsp3) is 0.312. The summed E-state index contributed by atoms with van der Waals surface area (Å²) < 4.78 is 1.88. The molecule has 0 spiro atoms. The van der Waals surface area contributed by atoms with E-state index in [-0.39, 0.29) is 5.91 Å².